The zero-order valence-electron chi connectivity index (χ0n) is 14.7. The molecule has 138 valence electrons. The molecule has 0 atom stereocenters. The number of esters is 1. The molecule has 2 aromatic rings. The normalized spacial score (nSPS) is 14.3. The zero-order valence-corrected chi connectivity index (χ0v) is 14.7. The fraction of sp³-hybridized carbons (Fsp3) is 0.389. The molecule has 3 amide bonds. The molecule has 0 saturated carbocycles. The van der Waals surface area contributed by atoms with Crippen LogP contribution in [0.15, 0.2) is 30.3 Å². The predicted octanol–water partition coefficient (Wildman–Crippen LogP) is 1.20. The van der Waals surface area contributed by atoms with Gasteiger partial charge < -0.3 is 24.8 Å². The average molecular weight is 358 g/mol. The number of hydrogen-bond donors (Lipinski definition) is 2. The lowest BCUT2D eigenvalue weighted by molar-refractivity contribution is -0.140. The number of amides is 3. The highest BCUT2D eigenvalue weighted by Gasteiger charge is 2.25. The number of carbonyl (C=O) groups excluding carboxylic acids is 3. The van der Waals surface area contributed by atoms with Gasteiger partial charge in [-0.1, -0.05) is 18.2 Å². The number of methoxy groups -OCH3 is 1. The van der Waals surface area contributed by atoms with Gasteiger partial charge in [0.25, 0.3) is 5.91 Å². The van der Waals surface area contributed by atoms with Gasteiger partial charge in [0, 0.05) is 43.6 Å². The first-order valence-electron chi connectivity index (χ1n) is 8.55. The Labute approximate surface area is 151 Å². The number of aromatic amines is 1. The van der Waals surface area contributed by atoms with Gasteiger partial charge in [0.1, 0.15) is 5.69 Å². The number of nitrogens with zero attached hydrogens (tertiary/aromatic N) is 2. The summed E-state index contributed by atoms with van der Waals surface area (Å²) in [4.78, 5) is 42.3. The minimum Gasteiger partial charge on any atom is -0.469 e. The predicted molar refractivity (Wildman–Crippen MR) is 95.8 cm³/mol. The summed E-state index contributed by atoms with van der Waals surface area (Å²) in [6, 6.07) is 9.37. The average Bonchev–Trinajstić information content (AvgIpc) is 3.11. The largest absolute Gasteiger partial charge is 0.469 e. The molecule has 0 bridgehead atoms. The first kappa shape index (κ1) is 17.8. The fourth-order valence-electron chi connectivity index (χ4n) is 2.96. The highest BCUT2D eigenvalue weighted by atomic mass is 16.5. The lowest BCUT2D eigenvalue weighted by Crippen LogP contribution is -2.53. The zero-order chi connectivity index (χ0) is 18.5. The van der Waals surface area contributed by atoms with Crippen molar-refractivity contribution in [1.82, 2.24) is 20.1 Å². The van der Waals surface area contributed by atoms with E-state index in [2.05, 4.69) is 15.0 Å². The SMILES string of the molecule is COC(=O)CCNC(=O)N1CCN(C(=O)c2cc3ccccc3[nH]2)CC1. The molecule has 0 aliphatic carbocycles. The highest BCUT2D eigenvalue weighted by Crippen LogP contribution is 2.16. The number of piperazine rings is 1. The molecule has 1 fully saturated rings. The second-order valence-corrected chi connectivity index (χ2v) is 6.11. The van der Waals surface area contributed by atoms with Crippen LogP contribution in [0.4, 0.5) is 4.79 Å². The van der Waals surface area contributed by atoms with Crippen LogP contribution in [0.5, 0.6) is 0 Å². The Bertz CT molecular complexity index is 775. The molecule has 2 heterocycles. The summed E-state index contributed by atoms with van der Waals surface area (Å²) in [5.74, 6) is -0.425. The summed E-state index contributed by atoms with van der Waals surface area (Å²) < 4.78 is 4.53. The number of ether oxygens (including phenoxy) is 1. The van der Waals surface area contributed by atoms with E-state index in [4.69, 9.17) is 0 Å². The summed E-state index contributed by atoms with van der Waals surface area (Å²) in [6.45, 7) is 2.09. The molecular formula is C18H22N4O4. The van der Waals surface area contributed by atoms with Gasteiger partial charge in [-0.05, 0) is 12.1 Å². The first-order chi connectivity index (χ1) is 12.6. The van der Waals surface area contributed by atoms with Crippen LogP contribution >= 0.6 is 0 Å². The maximum absolute atomic E-state index is 12.7. The van der Waals surface area contributed by atoms with Crippen molar-refractivity contribution in [2.24, 2.45) is 0 Å². The van der Waals surface area contributed by atoms with Crippen LogP contribution in [0.2, 0.25) is 0 Å². The summed E-state index contributed by atoms with van der Waals surface area (Å²) in [5.41, 5.74) is 1.49. The molecule has 8 heteroatoms. The van der Waals surface area contributed by atoms with E-state index < -0.39 is 0 Å². The number of fused-ring (bicyclic) bond motifs is 1. The molecule has 0 spiro atoms. The van der Waals surface area contributed by atoms with Crippen LogP contribution in [0.3, 0.4) is 0 Å². The minimum absolute atomic E-state index is 0.0630. The highest BCUT2D eigenvalue weighted by molar-refractivity contribution is 5.98. The Balaban J connectivity index is 1.50. The third-order valence-corrected chi connectivity index (χ3v) is 4.45. The van der Waals surface area contributed by atoms with Crippen LogP contribution < -0.4 is 5.32 Å². The van der Waals surface area contributed by atoms with Gasteiger partial charge in [-0.25, -0.2) is 4.79 Å². The molecule has 2 N–H and O–H groups in total. The Hall–Kier alpha value is -3.03. The second-order valence-electron chi connectivity index (χ2n) is 6.11. The van der Waals surface area contributed by atoms with Crippen LogP contribution in [0, 0.1) is 0 Å². The number of rotatable bonds is 4. The molecule has 8 nitrogen and oxygen atoms in total. The van der Waals surface area contributed by atoms with Crippen LogP contribution in [-0.2, 0) is 9.53 Å². The number of H-pyrrole nitrogens is 1. The van der Waals surface area contributed by atoms with Gasteiger partial charge in [-0.3, -0.25) is 9.59 Å². The van der Waals surface area contributed by atoms with Gasteiger partial charge in [-0.2, -0.15) is 0 Å². The maximum Gasteiger partial charge on any atom is 0.317 e. The Morgan fingerprint density at radius 3 is 2.50 bits per heavy atom. The molecular weight excluding hydrogens is 336 g/mol. The molecule has 1 aliphatic heterocycles. The van der Waals surface area contributed by atoms with Gasteiger partial charge in [0.15, 0.2) is 0 Å². The van der Waals surface area contributed by atoms with Crippen molar-refractivity contribution in [2.75, 3.05) is 39.8 Å². The van der Waals surface area contributed by atoms with Gasteiger partial charge in [0.2, 0.25) is 0 Å². The maximum atomic E-state index is 12.7. The number of nitrogens with one attached hydrogen (secondary N) is 2. The van der Waals surface area contributed by atoms with E-state index in [9.17, 15) is 14.4 Å². The number of hydrogen-bond acceptors (Lipinski definition) is 4. The molecule has 0 unspecified atom stereocenters. The fourth-order valence-corrected chi connectivity index (χ4v) is 2.96. The third-order valence-electron chi connectivity index (χ3n) is 4.45. The van der Waals surface area contributed by atoms with E-state index in [-0.39, 0.29) is 30.9 Å². The molecule has 0 radical (unpaired) electrons. The molecule has 1 saturated heterocycles. The number of urea groups is 1. The molecule has 1 aromatic heterocycles. The van der Waals surface area contributed by atoms with Crippen molar-refractivity contribution < 1.29 is 19.1 Å². The second kappa shape index (κ2) is 7.90. The van der Waals surface area contributed by atoms with Gasteiger partial charge in [0.05, 0.1) is 13.5 Å². The Kier molecular flexibility index (Phi) is 5.40. The van der Waals surface area contributed by atoms with Crippen molar-refractivity contribution in [1.29, 1.82) is 0 Å². The van der Waals surface area contributed by atoms with E-state index in [1.807, 2.05) is 30.3 Å². The summed E-state index contributed by atoms with van der Waals surface area (Å²) in [5, 5.41) is 3.69. The van der Waals surface area contributed by atoms with E-state index in [0.29, 0.717) is 31.9 Å². The van der Waals surface area contributed by atoms with Crippen molar-refractivity contribution in [3.8, 4) is 0 Å². The van der Waals surface area contributed by atoms with Gasteiger partial charge in [-0.15, -0.1) is 0 Å². The van der Waals surface area contributed by atoms with Crippen molar-refractivity contribution in [2.45, 2.75) is 6.42 Å². The number of carbonyl (C=O) groups is 3. The number of aromatic nitrogens is 1. The van der Waals surface area contributed by atoms with E-state index in [1.54, 1.807) is 9.80 Å². The summed E-state index contributed by atoms with van der Waals surface area (Å²) in [6.07, 6.45) is 0.140. The minimum atomic E-state index is -0.362. The lowest BCUT2D eigenvalue weighted by Gasteiger charge is -2.34. The van der Waals surface area contributed by atoms with E-state index in [1.165, 1.54) is 7.11 Å². The topological polar surface area (TPSA) is 94.7 Å². The Morgan fingerprint density at radius 2 is 1.81 bits per heavy atom. The Morgan fingerprint density at radius 1 is 1.12 bits per heavy atom. The van der Waals surface area contributed by atoms with Crippen molar-refractivity contribution in [3.63, 3.8) is 0 Å². The molecule has 3 rings (SSSR count). The molecule has 1 aliphatic rings. The standard InChI is InChI=1S/C18H22N4O4/c1-26-16(23)6-7-19-18(25)22-10-8-21(9-11-22)17(24)15-12-13-4-2-3-5-14(13)20-15/h2-5,12,20H,6-11H2,1H3,(H,19,25). The summed E-state index contributed by atoms with van der Waals surface area (Å²) >= 11 is 0. The van der Waals surface area contributed by atoms with Gasteiger partial charge >= 0.3 is 12.0 Å². The molecule has 1 aromatic carbocycles. The number of para-hydroxylation sites is 1. The van der Waals surface area contributed by atoms with Crippen LogP contribution in [0.1, 0.15) is 16.9 Å². The molecule has 26 heavy (non-hydrogen) atoms. The van der Waals surface area contributed by atoms with Crippen LogP contribution in [0.25, 0.3) is 10.9 Å². The van der Waals surface area contributed by atoms with Crippen molar-refractivity contribution in [3.05, 3.63) is 36.0 Å². The smallest absolute Gasteiger partial charge is 0.317 e. The van der Waals surface area contributed by atoms with E-state index in [0.717, 1.165) is 10.9 Å². The van der Waals surface area contributed by atoms with Crippen molar-refractivity contribution >= 4 is 28.8 Å². The van der Waals surface area contributed by atoms with Crippen LogP contribution in [-0.4, -0.2) is 72.5 Å². The summed E-state index contributed by atoms with van der Waals surface area (Å²) in [7, 11) is 1.31. The monoisotopic (exact) mass is 358 g/mol. The number of benzene rings is 1. The quantitative estimate of drug-likeness (QED) is 0.803. The third kappa shape index (κ3) is 3.96. The lowest BCUT2D eigenvalue weighted by atomic mass is 10.2. The van der Waals surface area contributed by atoms with E-state index >= 15 is 0 Å². The first-order valence-corrected chi connectivity index (χ1v) is 8.55.